The Morgan fingerprint density at radius 1 is 1.21 bits per heavy atom. The molecule has 2 aromatic rings. The maximum Gasteiger partial charge on any atom is 0.416 e. The first-order valence-electron chi connectivity index (χ1n) is 9.34. The van der Waals surface area contributed by atoms with Crippen LogP contribution in [-0.2, 0) is 11.0 Å². The van der Waals surface area contributed by atoms with Crippen LogP contribution in [0.25, 0.3) is 11.0 Å². The summed E-state index contributed by atoms with van der Waals surface area (Å²) in [7, 11) is 0. The number of amides is 2. The zero-order valence-electron chi connectivity index (χ0n) is 15.4. The summed E-state index contributed by atoms with van der Waals surface area (Å²) >= 11 is 0. The van der Waals surface area contributed by atoms with Crippen LogP contribution in [0.15, 0.2) is 18.2 Å². The number of alkyl halides is 3. The number of hydrogen-bond acceptors (Lipinski definition) is 3. The third kappa shape index (κ3) is 3.57. The quantitative estimate of drug-likeness (QED) is 0.840. The molecule has 2 amide bonds. The lowest BCUT2D eigenvalue weighted by Gasteiger charge is -2.33. The summed E-state index contributed by atoms with van der Waals surface area (Å²) in [6.45, 7) is 3.00. The average molecular weight is 394 g/mol. The predicted molar refractivity (Wildman–Crippen MR) is 95.5 cm³/mol. The fourth-order valence-corrected chi connectivity index (χ4v) is 3.77. The first-order chi connectivity index (χ1) is 13.2. The number of nitrogens with zero attached hydrogens (tertiary/aromatic N) is 2. The van der Waals surface area contributed by atoms with Crippen molar-refractivity contribution in [3.63, 3.8) is 0 Å². The Hall–Kier alpha value is -2.58. The summed E-state index contributed by atoms with van der Waals surface area (Å²) in [6.07, 6.45) is 0.0119. The third-order valence-corrected chi connectivity index (χ3v) is 5.84. The summed E-state index contributed by atoms with van der Waals surface area (Å²) in [6, 6.07) is 2.30. The molecule has 1 aromatic carbocycles. The molecular formula is C19H21F3N4O2. The van der Waals surface area contributed by atoms with Gasteiger partial charge in [0.15, 0.2) is 5.82 Å². The summed E-state index contributed by atoms with van der Waals surface area (Å²) in [5, 5.41) is 2.59. The fraction of sp³-hybridized carbons (Fsp3) is 0.526. The van der Waals surface area contributed by atoms with E-state index in [1.165, 1.54) is 18.9 Å². The second-order valence-electron chi connectivity index (χ2n) is 7.84. The summed E-state index contributed by atoms with van der Waals surface area (Å²) < 4.78 is 38.4. The van der Waals surface area contributed by atoms with Gasteiger partial charge >= 0.3 is 6.18 Å². The van der Waals surface area contributed by atoms with Crippen molar-refractivity contribution >= 4 is 22.8 Å². The molecular weight excluding hydrogens is 373 g/mol. The Labute approximate surface area is 159 Å². The molecule has 150 valence electrons. The standard InChI is InChI=1S/C19H21F3N4O2/c1-11(17(28)26-8-6-18(4-5-18)7-9-26)23-16(27)15-24-13-3-2-12(19(20,21)22)10-14(13)25-15/h2-3,10-11H,4-9H2,1H3,(H,23,27)(H,24,25)/t11-/m1/s1. The van der Waals surface area contributed by atoms with E-state index in [1.54, 1.807) is 11.8 Å². The van der Waals surface area contributed by atoms with Crippen molar-refractivity contribution in [2.45, 2.75) is 44.8 Å². The lowest BCUT2D eigenvalue weighted by Crippen LogP contribution is -2.49. The van der Waals surface area contributed by atoms with Gasteiger partial charge in [0.05, 0.1) is 16.6 Å². The number of likely N-dealkylation sites (tertiary alicyclic amines) is 1. The molecule has 2 fully saturated rings. The molecule has 2 N–H and O–H groups in total. The summed E-state index contributed by atoms with van der Waals surface area (Å²) in [5.41, 5.74) is -0.00223. The van der Waals surface area contributed by atoms with Gasteiger partial charge in [-0.1, -0.05) is 0 Å². The van der Waals surface area contributed by atoms with Gasteiger partial charge in [0.2, 0.25) is 5.91 Å². The highest BCUT2D eigenvalue weighted by Gasteiger charge is 2.45. The van der Waals surface area contributed by atoms with Crippen molar-refractivity contribution in [1.82, 2.24) is 20.2 Å². The predicted octanol–water partition coefficient (Wildman–Crippen LogP) is 3.10. The molecule has 0 bridgehead atoms. The number of imidazole rings is 1. The topological polar surface area (TPSA) is 78.1 Å². The highest BCUT2D eigenvalue weighted by atomic mass is 19.4. The van der Waals surface area contributed by atoms with Gasteiger partial charge in [0.1, 0.15) is 6.04 Å². The molecule has 2 heterocycles. The molecule has 1 saturated carbocycles. The van der Waals surface area contributed by atoms with Crippen molar-refractivity contribution in [3.05, 3.63) is 29.6 Å². The number of hydrogen-bond donors (Lipinski definition) is 2. The van der Waals surface area contributed by atoms with Crippen molar-refractivity contribution in [1.29, 1.82) is 0 Å². The Morgan fingerprint density at radius 3 is 2.50 bits per heavy atom. The zero-order chi connectivity index (χ0) is 20.1. The molecule has 1 aliphatic heterocycles. The minimum atomic E-state index is -4.48. The highest BCUT2D eigenvalue weighted by molar-refractivity contribution is 5.97. The van der Waals surface area contributed by atoms with Gasteiger partial charge < -0.3 is 15.2 Å². The molecule has 1 saturated heterocycles. The molecule has 1 atom stereocenters. The SMILES string of the molecule is C[C@@H](NC(=O)c1nc2ccc(C(F)(F)F)cc2[nH]1)C(=O)N1CCC2(CC1)CC2. The lowest BCUT2D eigenvalue weighted by atomic mass is 9.93. The molecule has 0 unspecified atom stereocenters. The third-order valence-electron chi connectivity index (χ3n) is 5.84. The summed E-state index contributed by atoms with van der Waals surface area (Å²) in [5.74, 6) is -0.898. The van der Waals surface area contributed by atoms with Crippen LogP contribution in [-0.4, -0.2) is 45.8 Å². The van der Waals surface area contributed by atoms with Crippen LogP contribution in [0.4, 0.5) is 13.2 Å². The number of benzene rings is 1. The van der Waals surface area contributed by atoms with Gasteiger partial charge in [-0.3, -0.25) is 9.59 Å². The fourth-order valence-electron chi connectivity index (χ4n) is 3.77. The van der Waals surface area contributed by atoms with E-state index in [4.69, 9.17) is 0 Å². The first kappa shape index (κ1) is 18.8. The van der Waals surface area contributed by atoms with Gasteiger partial charge in [-0.25, -0.2) is 4.98 Å². The van der Waals surface area contributed by atoms with Crippen molar-refractivity contribution < 1.29 is 22.8 Å². The normalized spacial score (nSPS) is 19.6. The Bertz CT molecular complexity index is 923. The number of halogens is 3. The second kappa shape index (κ2) is 6.49. The molecule has 2 aliphatic rings. The van der Waals surface area contributed by atoms with E-state index in [1.807, 2.05) is 0 Å². The van der Waals surface area contributed by atoms with Gasteiger partial charge in [0.25, 0.3) is 5.91 Å². The minimum absolute atomic E-state index is 0.115. The number of fused-ring (bicyclic) bond motifs is 1. The highest BCUT2D eigenvalue weighted by Crippen LogP contribution is 2.53. The van der Waals surface area contributed by atoms with E-state index in [0.717, 1.165) is 25.0 Å². The number of rotatable bonds is 3. The molecule has 28 heavy (non-hydrogen) atoms. The number of aromatic amines is 1. The zero-order valence-corrected chi connectivity index (χ0v) is 15.4. The largest absolute Gasteiger partial charge is 0.416 e. The van der Waals surface area contributed by atoms with E-state index in [9.17, 15) is 22.8 Å². The minimum Gasteiger partial charge on any atom is -0.341 e. The van der Waals surface area contributed by atoms with Crippen LogP contribution in [0, 0.1) is 5.41 Å². The van der Waals surface area contributed by atoms with Crippen LogP contribution in [0.2, 0.25) is 0 Å². The maximum absolute atomic E-state index is 12.8. The van der Waals surface area contributed by atoms with Gasteiger partial charge in [-0.05, 0) is 56.2 Å². The number of nitrogens with one attached hydrogen (secondary N) is 2. The van der Waals surface area contributed by atoms with Crippen LogP contribution < -0.4 is 5.32 Å². The van der Waals surface area contributed by atoms with Crippen LogP contribution in [0.1, 0.15) is 48.8 Å². The molecule has 0 radical (unpaired) electrons. The van der Waals surface area contributed by atoms with Crippen LogP contribution in [0.3, 0.4) is 0 Å². The van der Waals surface area contributed by atoms with Crippen molar-refractivity contribution in [2.24, 2.45) is 5.41 Å². The molecule has 1 aliphatic carbocycles. The van der Waals surface area contributed by atoms with E-state index in [-0.39, 0.29) is 22.8 Å². The van der Waals surface area contributed by atoms with E-state index < -0.39 is 23.7 Å². The van der Waals surface area contributed by atoms with Crippen molar-refractivity contribution in [2.75, 3.05) is 13.1 Å². The number of carbonyl (C=O) groups excluding carboxylic acids is 2. The lowest BCUT2D eigenvalue weighted by molar-refractivity contribution is -0.137. The molecule has 1 aromatic heterocycles. The number of piperidine rings is 1. The molecule has 1 spiro atoms. The molecule has 9 heteroatoms. The smallest absolute Gasteiger partial charge is 0.341 e. The van der Waals surface area contributed by atoms with Crippen LogP contribution in [0.5, 0.6) is 0 Å². The van der Waals surface area contributed by atoms with E-state index in [0.29, 0.717) is 18.5 Å². The average Bonchev–Trinajstić information content (AvgIpc) is 3.25. The van der Waals surface area contributed by atoms with Gasteiger partial charge in [-0.2, -0.15) is 13.2 Å². The maximum atomic E-state index is 12.8. The monoisotopic (exact) mass is 394 g/mol. The first-order valence-corrected chi connectivity index (χ1v) is 9.34. The number of aromatic nitrogens is 2. The van der Waals surface area contributed by atoms with Crippen molar-refractivity contribution in [3.8, 4) is 0 Å². The Morgan fingerprint density at radius 2 is 1.89 bits per heavy atom. The number of H-pyrrole nitrogens is 1. The van der Waals surface area contributed by atoms with Gasteiger partial charge in [-0.15, -0.1) is 0 Å². The Kier molecular flexibility index (Phi) is 4.35. The molecule has 4 rings (SSSR count). The van der Waals surface area contributed by atoms with Crippen LogP contribution >= 0.6 is 0 Å². The Balaban J connectivity index is 1.41. The van der Waals surface area contributed by atoms with E-state index >= 15 is 0 Å². The van der Waals surface area contributed by atoms with E-state index in [2.05, 4.69) is 15.3 Å². The summed E-state index contributed by atoms with van der Waals surface area (Å²) in [4.78, 5) is 33.4. The molecule has 6 nitrogen and oxygen atoms in total. The second-order valence-corrected chi connectivity index (χ2v) is 7.84. The van der Waals surface area contributed by atoms with Gasteiger partial charge in [0, 0.05) is 13.1 Å². The number of carbonyl (C=O) groups is 2.